The number of hydrogen-bond donors (Lipinski definition) is 2. The molecule has 2 amide bonds. The van der Waals surface area contributed by atoms with Gasteiger partial charge in [-0.1, -0.05) is 30.4 Å². The van der Waals surface area contributed by atoms with E-state index in [0.717, 1.165) is 0 Å². The second-order valence-electron chi connectivity index (χ2n) is 4.76. The van der Waals surface area contributed by atoms with E-state index in [0.29, 0.717) is 5.70 Å². The fourth-order valence-corrected chi connectivity index (χ4v) is 2.20. The first-order valence-corrected chi connectivity index (χ1v) is 6.85. The summed E-state index contributed by atoms with van der Waals surface area (Å²) in [6.07, 6.45) is 3.44. The van der Waals surface area contributed by atoms with Crippen molar-refractivity contribution in [3.05, 3.63) is 59.1 Å². The van der Waals surface area contributed by atoms with Crippen LogP contribution in [0.4, 0.5) is 9.18 Å². The molecule has 0 radical (unpaired) electrons. The van der Waals surface area contributed by atoms with Crippen molar-refractivity contribution in [1.82, 2.24) is 10.6 Å². The highest BCUT2D eigenvalue weighted by atomic mass is 19.1. The van der Waals surface area contributed by atoms with Gasteiger partial charge in [-0.2, -0.15) is 0 Å². The maximum absolute atomic E-state index is 14.0. The van der Waals surface area contributed by atoms with Crippen molar-refractivity contribution in [1.29, 1.82) is 0 Å². The summed E-state index contributed by atoms with van der Waals surface area (Å²) in [4.78, 5) is 23.9. The molecule has 0 spiro atoms. The Labute approximate surface area is 127 Å². The molecule has 0 unspecified atom stereocenters. The van der Waals surface area contributed by atoms with Crippen molar-refractivity contribution >= 4 is 12.0 Å². The molecule has 0 bridgehead atoms. The van der Waals surface area contributed by atoms with Gasteiger partial charge >= 0.3 is 12.0 Å². The van der Waals surface area contributed by atoms with Crippen LogP contribution < -0.4 is 10.6 Å². The van der Waals surface area contributed by atoms with Crippen LogP contribution in [0.1, 0.15) is 25.5 Å². The van der Waals surface area contributed by atoms with E-state index in [9.17, 15) is 14.0 Å². The standard InChI is InChI=1S/C16H17FN2O3/c1-3-4-9-22-15(20)13-10(2)18-16(21)19-14(13)11-7-5-6-8-12(11)17/h3-8,14H,9H2,1-2H3,(H2,18,19,21)/b4-3-/t14-/m1/s1. The van der Waals surface area contributed by atoms with Gasteiger partial charge in [0.1, 0.15) is 12.4 Å². The van der Waals surface area contributed by atoms with Crippen LogP contribution in [0.15, 0.2) is 47.7 Å². The Morgan fingerprint density at radius 1 is 1.41 bits per heavy atom. The first-order valence-electron chi connectivity index (χ1n) is 6.85. The lowest BCUT2D eigenvalue weighted by atomic mass is 9.95. The normalized spacial score (nSPS) is 18.1. The van der Waals surface area contributed by atoms with E-state index in [-0.39, 0.29) is 17.7 Å². The van der Waals surface area contributed by atoms with Crippen LogP contribution in [-0.2, 0) is 9.53 Å². The summed E-state index contributed by atoms with van der Waals surface area (Å²) >= 11 is 0. The zero-order valence-corrected chi connectivity index (χ0v) is 12.4. The summed E-state index contributed by atoms with van der Waals surface area (Å²) in [6.45, 7) is 3.51. The van der Waals surface area contributed by atoms with Crippen molar-refractivity contribution in [3.8, 4) is 0 Å². The largest absolute Gasteiger partial charge is 0.458 e. The lowest BCUT2D eigenvalue weighted by molar-refractivity contribution is -0.138. The second-order valence-corrected chi connectivity index (χ2v) is 4.76. The number of rotatable bonds is 4. The third kappa shape index (κ3) is 3.33. The fourth-order valence-electron chi connectivity index (χ4n) is 2.20. The van der Waals surface area contributed by atoms with Crippen LogP contribution in [0.3, 0.4) is 0 Å². The molecule has 1 aromatic carbocycles. The molecule has 0 saturated heterocycles. The predicted octanol–water partition coefficient (Wildman–Crippen LogP) is 2.57. The maximum Gasteiger partial charge on any atom is 0.338 e. The highest BCUT2D eigenvalue weighted by Gasteiger charge is 2.33. The van der Waals surface area contributed by atoms with Crippen LogP contribution in [0, 0.1) is 5.82 Å². The molecule has 6 heteroatoms. The van der Waals surface area contributed by atoms with Gasteiger partial charge in [-0.15, -0.1) is 0 Å². The molecule has 1 aliphatic heterocycles. The van der Waals surface area contributed by atoms with E-state index in [1.54, 1.807) is 31.2 Å². The van der Waals surface area contributed by atoms with Crippen LogP contribution in [0.25, 0.3) is 0 Å². The number of esters is 1. The lowest BCUT2D eigenvalue weighted by Gasteiger charge is -2.28. The fraction of sp³-hybridized carbons (Fsp3) is 0.250. The molecular weight excluding hydrogens is 287 g/mol. The zero-order valence-electron chi connectivity index (χ0n) is 12.4. The summed E-state index contributed by atoms with van der Waals surface area (Å²) in [5, 5.41) is 5.07. The Morgan fingerprint density at radius 3 is 2.82 bits per heavy atom. The molecular formula is C16H17FN2O3. The van der Waals surface area contributed by atoms with Gasteiger partial charge < -0.3 is 15.4 Å². The third-order valence-electron chi connectivity index (χ3n) is 3.25. The van der Waals surface area contributed by atoms with E-state index in [1.165, 1.54) is 12.1 Å². The smallest absolute Gasteiger partial charge is 0.338 e. The number of urea groups is 1. The minimum Gasteiger partial charge on any atom is -0.458 e. The quantitative estimate of drug-likeness (QED) is 0.663. The van der Waals surface area contributed by atoms with Gasteiger partial charge in [-0.3, -0.25) is 0 Å². The molecule has 1 atom stereocenters. The number of allylic oxidation sites excluding steroid dienone is 2. The molecule has 1 aromatic rings. The molecule has 0 aromatic heterocycles. The molecule has 2 N–H and O–H groups in total. The van der Waals surface area contributed by atoms with E-state index >= 15 is 0 Å². The Balaban J connectivity index is 2.37. The molecule has 0 fully saturated rings. The molecule has 0 aliphatic carbocycles. The highest BCUT2D eigenvalue weighted by Crippen LogP contribution is 2.29. The van der Waals surface area contributed by atoms with E-state index < -0.39 is 23.9 Å². The van der Waals surface area contributed by atoms with Crippen molar-refractivity contribution in [2.24, 2.45) is 0 Å². The Morgan fingerprint density at radius 2 is 2.14 bits per heavy atom. The maximum atomic E-state index is 14.0. The Bertz CT molecular complexity index is 653. The van der Waals surface area contributed by atoms with Crippen LogP contribution >= 0.6 is 0 Å². The SMILES string of the molecule is C/C=C\COC(=O)C1=C(C)NC(=O)N[C@@H]1c1ccccc1F. The molecule has 2 rings (SSSR count). The van der Waals surface area contributed by atoms with Crippen molar-refractivity contribution in [2.45, 2.75) is 19.9 Å². The van der Waals surface area contributed by atoms with Gasteiger partial charge in [0.2, 0.25) is 0 Å². The molecule has 116 valence electrons. The van der Waals surface area contributed by atoms with Gasteiger partial charge in [0, 0.05) is 11.3 Å². The van der Waals surface area contributed by atoms with Crippen molar-refractivity contribution in [2.75, 3.05) is 6.61 Å². The topological polar surface area (TPSA) is 67.4 Å². The molecule has 0 saturated carbocycles. The summed E-state index contributed by atoms with van der Waals surface area (Å²) < 4.78 is 19.1. The summed E-state index contributed by atoms with van der Waals surface area (Å²) in [5.41, 5.74) is 0.756. The van der Waals surface area contributed by atoms with E-state index in [2.05, 4.69) is 10.6 Å². The average molecular weight is 304 g/mol. The lowest BCUT2D eigenvalue weighted by Crippen LogP contribution is -2.45. The average Bonchev–Trinajstić information content (AvgIpc) is 2.47. The number of ether oxygens (including phenoxy) is 1. The van der Waals surface area contributed by atoms with Crippen LogP contribution in [0.5, 0.6) is 0 Å². The number of hydrogen-bond acceptors (Lipinski definition) is 3. The van der Waals surface area contributed by atoms with Gasteiger partial charge in [-0.25, -0.2) is 14.0 Å². The van der Waals surface area contributed by atoms with Gasteiger partial charge in [0.25, 0.3) is 0 Å². The monoisotopic (exact) mass is 304 g/mol. The number of benzene rings is 1. The third-order valence-corrected chi connectivity index (χ3v) is 3.25. The molecule has 22 heavy (non-hydrogen) atoms. The zero-order chi connectivity index (χ0) is 16.1. The molecule has 1 aliphatic rings. The highest BCUT2D eigenvalue weighted by molar-refractivity contribution is 5.95. The first kappa shape index (κ1) is 15.8. The minimum absolute atomic E-state index is 0.115. The summed E-state index contributed by atoms with van der Waals surface area (Å²) in [7, 11) is 0. The number of halogens is 1. The first-order chi connectivity index (χ1) is 10.5. The van der Waals surface area contributed by atoms with Gasteiger partial charge in [0.15, 0.2) is 0 Å². The summed E-state index contributed by atoms with van der Waals surface area (Å²) in [5.74, 6) is -1.10. The Hall–Kier alpha value is -2.63. The Kier molecular flexibility index (Phi) is 4.93. The molecule has 5 nitrogen and oxygen atoms in total. The van der Waals surface area contributed by atoms with Gasteiger partial charge in [-0.05, 0) is 19.9 Å². The van der Waals surface area contributed by atoms with E-state index in [1.807, 2.05) is 6.92 Å². The van der Waals surface area contributed by atoms with Crippen molar-refractivity contribution in [3.63, 3.8) is 0 Å². The van der Waals surface area contributed by atoms with Crippen LogP contribution in [0.2, 0.25) is 0 Å². The predicted molar refractivity (Wildman–Crippen MR) is 79.3 cm³/mol. The molecule has 1 heterocycles. The minimum atomic E-state index is -0.881. The van der Waals surface area contributed by atoms with E-state index in [4.69, 9.17) is 4.74 Å². The number of amides is 2. The van der Waals surface area contributed by atoms with Crippen LogP contribution in [-0.4, -0.2) is 18.6 Å². The number of carbonyl (C=O) groups excluding carboxylic acids is 2. The second kappa shape index (κ2) is 6.89. The number of nitrogens with one attached hydrogen (secondary N) is 2. The summed E-state index contributed by atoms with van der Waals surface area (Å²) in [6, 6.07) is 4.62. The van der Waals surface area contributed by atoms with Crippen molar-refractivity contribution < 1.29 is 18.7 Å². The van der Waals surface area contributed by atoms with Gasteiger partial charge in [0.05, 0.1) is 11.6 Å². The number of carbonyl (C=O) groups is 2.